The van der Waals surface area contributed by atoms with E-state index in [1.807, 2.05) is 13.0 Å². The zero-order valence-corrected chi connectivity index (χ0v) is 21.2. The number of nitrogens with one attached hydrogen (secondary N) is 1. The molecule has 3 aromatic rings. The number of carbonyl (C=O) groups is 3. The summed E-state index contributed by atoms with van der Waals surface area (Å²) in [6, 6.07) is 2.85. The van der Waals surface area contributed by atoms with Crippen molar-refractivity contribution in [3.63, 3.8) is 0 Å². The van der Waals surface area contributed by atoms with Crippen molar-refractivity contribution in [3.8, 4) is 11.4 Å². The largest absolute Gasteiger partial charge is 0.460 e. The lowest BCUT2D eigenvalue weighted by Gasteiger charge is -2.29. The van der Waals surface area contributed by atoms with E-state index in [1.54, 1.807) is 11.5 Å². The molecule has 1 aromatic carbocycles. The summed E-state index contributed by atoms with van der Waals surface area (Å²) in [6.07, 6.45) is 1.48. The Morgan fingerprint density at radius 1 is 1.21 bits per heavy atom. The maximum atomic E-state index is 15.0. The number of aromatic nitrogens is 2. The lowest BCUT2D eigenvalue weighted by atomic mass is 9.81. The molecule has 38 heavy (non-hydrogen) atoms. The highest BCUT2D eigenvalue weighted by molar-refractivity contribution is 5.94. The molecule has 0 saturated carbocycles. The van der Waals surface area contributed by atoms with Gasteiger partial charge in [0.25, 0.3) is 5.56 Å². The average molecular weight is 519 g/mol. The van der Waals surface area contributed by atoms with Gasteiger partial charge in [0.2, 0.25) is 11.8 Å². The molecule has 2 unspecified atom stereocenters. The van der Waals surface area contributed by atoms with Crippen molar-refractivity contribution < 1.29 is 23.5 Å². The van der Waals surface area contributed by atoms with Crippen LogP contribution in [0.5, 0.6) is 0 Å². The number of hydrogen-bond donors (Lipinski definition) is 2. The second kappa shape index (κ2) is 8.75. The predicted molar refractivity (Wildman–Crippen MR) is 136 cm³/mol. The molecule has 2 aliphatic heterocycles. The van der Waals surface area contributed by atoms with Crippen LogP contribution in [0.2, 0.25) is 0 Å². The fourth-order valence-corrected chi connectivity index (χ4v) is 6.22. The Kier molecular flexibility index (Phi) is 5.59. The quantitative estimate of drug-likeness (QED) is 0.391. The summed E-state index contributed by atoms with van der Waals surface area (Å²) in [7, 11) is 0. The maximum absolute atomic E-state index is 15.0. The molecule has 0 bridgehead atoms. The zero-order chi connectivity index (χ0) is 26.9. The van der Waals surface area contributed by atoms with E-state index < -0.39 is 17.9 Å². The number of ether oxygens (including phenoxy) is 1. The molecule has 2 aromatic heterocycles. The molecular formula is C28H27FN4O5. The SMILES string of the molecule is CCC1C(=O)OCc2c1cc1n(c2=O)Cc2c-1nc1cc(F)c(C)c3c1c2C(NC(=O)CCC(N)=O)CC3. The normalized spacial score (nSPS) is 19.0. The van der Waals surface area contributed by atoms with Crippen LogP contribution in [0.1, 0.15) is 77.9 Å². The molecule has 0 spiro atoms. The van der Waals surface area contributed by atoms with Crippen molar-refractivity contribution in [3.05, 3.63) is 61.7 Å². The van der Waals surface area contributed by atoms with Crippen LogP contribution in [-0.2, 0) is 38.7 Å². The van der Waals surface area contributed by atoms with Gasteiger partial charge in [0.15, 0.2) is 0 Å². The first kappa shape index (κ1) is 24.3. The van der Waals surface area contributed by atoms with Crippen LogP contribution in [0.25, 0.3) is 22.3 Å². The molecule has 0 radical (unpaired) electrons. The van der Waals surface area contributed by atoms with Gasteiger partial charge >= 0.3 is 5.97 Å². The second-order valence-electron chi connectivity index (χ2n) is 10.3. The molecule has 0 saturated heterocycles. The molecule has 10 heteroatoms. The Morgan fingerprint density at radius 2 is 2.00 bits per heavy atom. The molecule has 6 rings (SSSR count). The molecule has 2 amide bonds. The van der Waals surface area contributed by atoms with E-state index in [9.17, 15) is 23.6 Å². The van der Waals surface area contributed by atoms with Crippen molar-refractivity contribution in [2.75, 3.05) is 0 Å². The molecule has 3 aliphatic rings. The number of nitrogens with zero attached hydrogens (tertiary/aromatic N) is 2. The smallest absolute Gasteiger partial charge is 0.313 e. The summed E-state index contributed by atoms with van der Waals surface area (Å²) in [5, 5.41) is 3.83. The van der Waals surface area contributed by atoms with E-state index in [2.05, 4.69) is 5.32 Å². The van der Waals surface area contributed by atoms with Crippen molar-refractivity contribution in [2.24, 2.45) is 5.73 Å². The molecule has 3 N–H and O–H groups in total. The lowest BCUT2D eigenvalue weighted by Crippen LogP contribution is -2.33. The Morgan fingerprint density at radius 3 is 2.74 bits per heavy atom. The van der Waals surface area contributed by atoms with Crippen LogP contribution in [-0.4, -0.2) is 27.3 Å². The number of fused-ring (bicyclic) bond motifs is 5. The highest BCUT2D eigenvalue weighted by atomic mass is 19.1. The second-order valence-corrected chi connectivity index (χ2v) is 10.3. The lowest BCUT2D eigenvalue weighted by molar-refractivity contribution is -0.148. The first-order valence-electron chi connectivity index (χ1n) is 12.8. The number of halogens is 1. The van der Waals surface area contributed by atoms with Gasteiger partial charge in [0.05, 0.1) is 41.0 Å². The molecule has 1 aliphatic carbocycles. The van der Waals surface area contributed by atoms with E-state index in [4.69, 9.17) is 15.5 Å². The van der Waals surface area contributed by atoms with Crippen LogP contribution in [0.15, 0.2) is 16.9 Å². The molecule has 2 atom stereocenters. The van der Waals surface area contributed by atoms with Crippen molar-refractivity contribution >= 4 is 28.7 Å². The van der Waals surface area contributed by atoms with Gasteiger partial charge in [0.1, 0.15) is 12.4 Å². The Labute approximate surface area is 217 Å². The van der Waals surface area contributed by atoms with Gasteiger partial charge in [-0.05, 0) is 54.5 Å². The molecule has 9 nitrogen and oxygen atoms in total. The Bertz CT molecular complexity index is 1640. The minimum absolute atomic E-state index is 0.0314. The molecule has 196 valence electrons. The number of nitrogens with two attached hydrogens (primary N) is 1. The minimum atomic E-state index is -0.556. The van der Waals surface area contributed by atoms with Crippen LogP contribution in [0.3, 0.4) is 0 Å². The maximum Gasteiger partial charge on any atom is 0.313 e. The average Bonchev–Trinajstić information content (AvgIpc) is 3.25. The minimum Gasteiger partial charge on any atom is -0.460 e. The zero-order valence-electron chi connectivity index (χ0n) is 21.2. The fourth-order valence-electron chi connectivity index (χ4n) is 6.22. The van der Waals surface area contributed by atoms with Gasteiger partial charge < -0.3 is 20.4 Å². The first-order chi connectivity index (χ1) is 18.2. The molecular weight excluding hydrogens is 491 g/mol. The van der Waals surface area contributed by atoms with Crippen LogP contribution >= 0.6 is 0 Å². The van der Waals surface area contributed by atoms with E-state index in [0.717, 1.165) is 22.1 Å². The van der Waals surface area contributed by atoms with Gasteiger partial charge in [-0.25, -0.2) is 9.37 Å². The van der Waals surface area contributed by atoms with Crippen LogP contribution < -0.4 is 16.6 Å². The number of benzene rings is 1. The number of aryl methyl sites for hydroxylation is 1. The Balaban J connectivity index is 1.56. The van der Waals surface area contributed by atoms with Crippen molar-refractivity contribution in [1.29, 1.82) is 0 Å². The van der Waals surface area contributed by atoms with E-state index in [-0.39, 0.29) is 49.2 Å². The Hall–Kier alpha value is -4.08. The summed E-state index contributed by atoms with van der Waals surface area (Å²) in [6.45, 7) is 3.77. The van der Waals surface area contributed by atoms with Gasteiger partial charge in [-0.2, -0.15) is 0 Å². The first-order valence-corrected chi connectivity index (χ1v) is 12.8. The number of esters is 1. The van der Waals surface area contributed by atoms with Crippen molar-refractivity contribution in [2.45, 2.75) is 71.1 Å². The summed E-state index contributed by atoms with van der Waals surface area (Å²) in [5.41, 5.74) is 10.7. The predicted octanol–water partition coefficient (Wildman–Crippen LogP) is 2.79. The summed E-state index contributed by atoms with van der Waals surface area (Å²) < 4.78 is 21.9. The standard InChI is InChI=1S/C28H27FN4O5/c1-3-13-15-8-21-26-16(10-33(21)27(36)17(15)11-38-28(13)37)25-19(31-23(35)7-6-22(30)34)5-4-14-12(2)18(29)9-20(32-26)24(14)25/h8-9,13,19H,3-7,10-11H2,1-2H3,(H2,30,34)(H,31,35). The summed E-state index contributed by atoms with van der Waals surface area (Å²) >= 11 is 0. The van der Waals surface area contributed by atoms with Crippen LogP contribution in [0, 0.1) is 12.7 Å². The topological polar surface area (TPSA) is 133 Å². The molecule has 4 heterocycles. The third-order valence-electron chi connectivity index (χ3n) is 8.13. The number of hydrogen-bond acceptors (Lipinski definition) is 6. The molecule has 0 fully saturated rings. The van der Waals surface area contributed by atoms with Gasteiger partial charge in [-0.15, -0.1) is 0 Å². The number of primary amides is 1. The van der Waals surface area contributed by atoms with E-state index in [1.165, 1.54) is 6.07 Å². The number of rotatable bonds is 5. The number of pyridine rings is 2. The van der Waals surface area contributed by atoms with Gasteiger partial charge in [-0.1, -0.05) is 6.92 Å². The summed E-state index contributed by atoms with van der Waals surface area (Å²) in [5.74, 6) is -2.11. The summed E-state index contributed by atoms with van der Waals surface area (Å²) in [4.78, 5) is 54.8. The van der Waals surface area contributed by atoms with E-state index >= 15 is 0 Å². The van der Waals surface area contributed by atoms with Crippen molar-refractivity contribution in [1.82, 2.24) is 14.9 Å². The number of amides is 2. The number of carbonyl (C=O) groups excluding carboxylic acids is 3. The van der Waals surface area contributed by atoms with E-state index in [0.29, 0.717) is 52.9 Å². The third-order valence-corrected chi connectivity index (χ3v) is 8.13. The highest BCUT2D eigenvalue weighted by Gasteiger charge is 2.37. The number of cyclic esters (lactones) is 1. The monoisotopic (exact) mass is 518 g/mol. The van der Waals surface area contributed by atoms with Gasteiger partial charge in [-0.3, -0.25) is 19.2 Å². The van der Waals surface area contributed by atoms with Crippen LogP contribution in [0.4, 0.5) is 4.39 Å². The third kappa shape index (κ3) is 3.53. The highest BCUT2D eigenvalue weighted by Crippen LogP contribution is 2.45. The van der Waals surface area contributed by atoms with Gasteiger partial charge in [0, 0.05) is 29.9 Å². The fraction of sp³-hybridized carbons (Fsp3) is 0.393.